The van der Waals surface area contributed by atoms with Crippen molar-refractivity contribution in [3.63, 3.8) is 0 Å². The van der Waals surface area contributed by atoms with Crippen LogP contribution in [0.4, 0.5) is 17.3 Å². The molecule has 0 bridgehead atoms. The molecule has 2 rings (SSSR count). The van der Waals surface area contributed by atoms with Gasteiger partial charge in [0.05, 0.1) is 12.8 Å². The summed E-state index contributed by atoms with van der Waals surface area (Å²) < 4.78 is 5.33. The van der Waals surface area contributed by atoms with Crippen LogP contribution in [0.2, 0.25) is 5.02 Å². The number of hydrogen-bond acceptors (Lipinski definition) is 7. The van der Waals surface area contributed by atoms with Gasteiger partial charge in [0.15, 0.2) is 5.16 Å². The number of anilines is 3. The second-order valence-electron chi connectivity index (χ2n) is 4.20. The molecule has 2 aromatic rings. The van der Waals surface area contributed by atoms with Gasteiger partial charge in [-0.25, -0.2) is 15.8 Å². The van der Waals surface area contributed by atoms with Gasteiger partial charge in [0.25, 0.3) is 0 Å². The Morgan fingerprint density at radius 1 is 1.24 bits per heavy atom. The number of nitrogens with two attached hydrogens (primary N) is 1. The standard InChI is InChI=1S/C13H16ClN5OS/c1-7-4-9(10(20-2)5-8(7)14)16-11-6-12(19-15)18-13(17-11)21-3/h4-6H,15H2,1-3H3,(H2,16,17,18,19). The summed E-state index contributed by atoms with van der Waals surface area (Å²) in [6.45, 7) is 1.92. The first kappa shape index (κ1) is 15.7. The van der Waals surface area contributed by atoms with Gasteiger partial charge in [0.1, 0.15) is 17.4 Å². The number of aromatic nitrogens is 2. The number of ether oxygens (including phenoxy) is 1. The third-order valence-electron chi connectivity index (χ3n) is 2.78. The summed E-state index contributed by atoms with van der Waals surface area (Å²) in [4.78, 5) is 8.59. The van der Waals surface area contributed by atoms with Crippen molar-refractivity contribution in [2.75, 3.05) is 24.1 Å². The van der Waals surface area contributed by atoms with E-state index in [1.807, 2.05) is 19.2 Å². The predicted molar refractivity (Wildman–Crippen MR) is 87.6 cm³/mol. The first-order valence-electron chi connectivity index (χ1n) is 6.08. The van der Waals surface area contributed by atoms with Gasteiger partial charge in [-0.05, 0) is 24.8 Å². The molecule has 0 atom stereocenters. The van der Waals surface area contributed by atoms with Gasteiger partial charge in [-0.2, -0.15) is 0 Å². The topological polar surface area (TPSA) is 85.1 Å². The van der Waals surface area contributed by atoms with Crippen LogP contribution in [0.3, 0.4) is 0 Å². The van der Waals surface area contributed by atoms with Gasteiger partial charge in [-0.3, -0.25) is 0 Å². The predicted octanol–water partition coefficient (Wildman–Crippen LogP) is 3.20. The summed E-state index contributed by atoms with van der Waals surface area (Å²) in [5, 5.41) is 4.45. The second kappa shape index (κ2) is 6.84. The summed E-state index contributed by atoms with van der Waals surface area (Å²) >= 11 is 7.53. The SMILES string of the molecule is COc1cc(Cl)c(C)cc1Nc1cc(NN)nc(SC)n1. The molecule has 1 aromatic carbocycles. The first-order chi connectivity index (χ1) is 10.1. The van der Waals surface area contributed by atoms with Crippen LogP contribution >= 0.6 is 23.4 Å². The molecule has 0 aliphatic carbocycles. The van der Waals surface area contributed by atoms with Gasteiger partial charge in [-0.1, -0.05) is 23.4 Å². The minimum absolute atomic E-state index is 0.529. The quantitative estimate of drug-likeness (QED) is 0.337. The second-order valence-corrected chi connectivity index (χ2v) is 5.38. The molecule has 0 amide bonds. The van der Waals surface area contributed by atoms with Gasteiger partial charge in [0, 0.05) is 17.2 Å². The Morgan fingerprint density at radius 3 is 2.57 bits per heavy atom. The highest BCUT2D eigenvalue weighted by molar-refractivity contribution is 7.98. The average Bonchev–Trinajstić information content (AvgIpc) is 2.50. The Kier molecular flexibility index (Phi) is 5.11. The van der Waals surface area contributed by atoms with Crippen LogP contribution in [0.5, 0.6) is 5.75 Å². The van der Waals surface area contributed by atoms with Crippen LogP contribution in [0.1, 0.15) is 5.56 Å². The van der Waals surface area contributed by atoms with E-state index in [4.69, 9.17) is 22.2 Å². The van der Waals surface area contributed by atoms with Crippen molar-refractivity contribution >= 4 is 40.7 Å². The van der Waals surface area contributed by atoms with Crippen LogP contribution in [-0.2, 0) is 0 Å². The molecule has 21 heavy (non-hydrogen) atoms. The number of methoxy groups -OCH3 is 1. The van der Waals surface area contributed by atoms with E-state index in [2.05, 4.69) is 20.7 Å². The maximum atomic E-state index is 6.10. The minimum Gasteiger partial charge on any atom is -0.495 e. The molecule has 0 radical (unpaired) electrons. The average molecular weight is 326 g/mol. The molecule has 0 fully saturated rings. The van der Waals surface area contributed by atoms with E-state index in [1.165, 1.54) is 11.8 Å². The number of hydrazine groups is 1. The lowest BCUT2D eigenvalue weighted by Gasteiger charge is -2.13. The van der Waals surface area contributed by atoms with Crippen LogP contribution < -0.4 is 21.3 Å². The lowest BCUT2D eigenvalue weighted by molar-refractivity contribution is 0.416. The molecule has 0 spiro atoms. The molecule has 0 aliphatic rings. The summed E-state index contributed by atoms with van der Waals surface area (Å²) in [5.74, 6) is 7.19. The third kappa shape index (κ3) is 3.69. The Bertz CT molecular complexity index is 630. The molecule has 1 aromatic heterocycles. The maximum absolute atomic E-state index is 6.10. The van der Waals surface area contributed by atoms with E-state index in [1.54, 1.807) is 19.2 Å². The zero-order chi connectivity index (χ0) is 15.4. The van der Waals surface area contributed by atoms with E-state index in [0.717, 1.165) is 11.3 Å². The lowest BCUT2D eigenvalue weighted by atomic mass is 10.2. The molecule has 4 N–H and O–H groups in total. The van der Waals surface area contributed by atoms with E-state index in [-0.39, 0.29) is 0 Å². The molecule has 1 heterocycles. The number of nitrogens with one attached hydrogen (secondary N) is 2. The van der Waals surface area contributed by atoms with E-state index in [9.17, 15) is 0 Å². The van der Waals surface area contributed by atoms with Crippen LogP contribution in [0.15, 0.2) is 23.4 Å². The van der Waals surface area contributed by atoms with Crippen LogP contribution in [-0.4, -0.2) is 23.3 Å². The fraction of sp³-hybridized carbons (Fsp3) is 0.231. The molecule has 112 valence electrons. The Morgan fingerprint density at radius 2 is 1.95 bits per heavy atom. The van der Waals surface area contributed by atoms with Crippen molar-refractivity contribution in [1.82, 2.24) is 9.97 Å². The Hall–Kier alpha value is -1.70. The summed E-state index contributed by atoms with van der Waals surface area (Å²) in [7, 11) is 1.59. The molecular formula is C13H16ClN5OS. The number of aryl methyl sites for hydroxylation is 1. The molecule has 6 nitrogen and oxygen atoms in total. The van der Waals surface area contributed by atoms with E-state index in [0.29, 0.717) is 27.6 Å². The number of rotatable bonds is 5. The monoisotopic (exact) mass is 325 g/mol. The number of nitrogens with zero attached hydrogens (tertiary/aromatic N) is 2. The number of thioether (sulfide) groups is 1. The van der Waals surface area contributed by atoms with E-state index < -0.39 is 0 Å². The van der Waals surface area contributed by atoms with Crippen molar-refractivity contribution < 1.29 is 4.74 Å². The van der Waals surface area contributed by atoms with Crippen LogP contribution in [0, 0.1) is 6.92 Å². The number of hydrogen-bond donors (Lipinski definition) is 3. The van der Waals surface area contributed by atoms with Crippen molar-refractivity contribution in [3.8, 4) is 5.75 Å². The molecule has 8 heteroatoms. The van der Waals surface area contributed by atoms with Gasteiger partial charge < -0.3 is 15.5 Å². The first-order valence-corrected chi connectivity index (χ1v) is 7.68. The number of nitrogen functional groups attached to an aromatic ring is 1. The number of benzene rings is 1. The summed E-state index contributed by atoms with van der Waals surface area (Å²) in [5.41, 5.74) is 4.23. The minimum atomic E-state index is 0.529. The normalized spacial score (nSPS) is 10.3. The molecule has 0 saturated heterocycles. The van der Waals surface area contributed by atoms with Gasteiger partial charge >= 0.3 is 0 Å². The third-order valence-corrected chi connectivity index (χ3v) is 3.73. The van der Waals surface area contributed by atoms with Crippen molar-refractivity contribution in [3.05, 3.63) is 28.8 Å². The zero-order valence-electron chi connectivity index (χ0n) is 11.9. The maximum Gasteiger partial charge on any atom is 0.191 e. The van der Waals surface area contributed by atoms with E-state index >= 15 is 0 Å². The molecule has 0 saturated carbocycles. The summed E-state index contributed by atoms with van der Waals surface area (Å²) in [6.07, 6.45) is 1.90. The fourth-order valence-corrected chi connectivity index (χ4v) is 2.26. The highest BCUT2D eigenvalue weighted by atomic mass is 35.5. The van der Waals surface area contributed by atoms with Gasteiger partial charge in [-0.15, -0.1) is 0 Å². The molecular weight excluding hydrogens is 310 g/mol. The van der Waals surface area contributed by atoms with Crippen LogP contribution in [0.25, 0.3) is 0 Å². The lowest BCUT2D eigenvalue weighted by Crippen LogP contribution is -2.10. The Balaban J connectivity index is 2.39. The highest BCUT2D eigenvalue weighted by Gasteiger charge is 2.10. The number of halogens is 1. The van der Waals surface area contributed by atoms with Crippen molar-refractivity contribution in [1.29, 1.82) is 0 Å². The highest BCUT2D eigenvalue weighted by Crippen LogP contribution is 2.33. The fourth-order valence-electron chi connectivity index (χ4n) is 1.72. The van der Waals surface area contributed by atoms with Crippen molar-refractivity contribution in [2.24, 2.45) is 5.84 Å². The Labute approximate surface area is 132 Å². The molecule has 0 unspecified atom stereocenters. The summed E-state index contributed by atoms with van der Waals surface area (Å²) in [6, 6.07) is 5.37. The molecule has 0 aliphatic heterocycles. The smallest absolute Gasteiger partial charge is 0.191 e. The zero-order valence-corrected chi connectivity index (χ0v) is 13.5. The largest absolute Gasteiger partial charge is 0.495 e. The van der Waals surface area contributed by atoms with Gasteiger partial charge in [0.2, 0.25) is 0 Å². The van der Waals surface area contributed by atoms with Crippen molar-refractivity contribution in [2.45, 2.75) is 12.1 Å².